The number of hydrogen-bond donors (Lipinski definition) is 3. The second-order valence-corrected chi connectivity index (χ2v) is 4.76. The van der Waals surface area contributed by atoms with Crippen LogP contribution < -0.4 is 15.4 Å². The number of amides is 2. The van der Waals surface area contributed by atoms with Crippen LogP contribution in [0, 0.1) is 6.92 Å². The zero-order chi connectivity index (χ0) is 15.8. The number of aryl methyl sites for hydroxylation is 1. The van der Waals surface area contributed by atoms with Crippen molar-refractivity contribution in [2.24, 2.45) is 0 Å². The number of benzene rings is 1. The third-order valence-corrected chi connectivity index (χ3v) is 2.86. The molecule has 0 unspecified atom stereocenters. The Morgan fingerprint density at radius 1 is 1.23 bits per heavy atom. The standard InChI is InChI=1S/C16H19N3O3/c1-12-3-6-14(7-4-12)22-15-8-5-13(11-18-15)19-16(21)17-9-2-10-20/h3-8,11,20H,2,9-10H2,1H3,(H2,17,19,21). The molecule has 0 spiro atoms. The molecular formula is C16H19N3O3. The average Bonchev–Trinajstić information content (AvgIpc) is 2.52. The molecule has 0 bridgehead atoms. The van der Waals surface area contributed by atoms with Crippen LogP contribution in [0.5, 0.6) is 11.6 Å². The van der Waals surface area contributed by atoms with E-state index in [1.807, 2.05) is 31.2 Å². The van der Waals surface area contributed by atoms with Crippen LogP contribution in [0.4, 0.5) is 10.5 Å². The van der Waals surface area contributed by atoms with E-state index in [2.05, 4.69) is 15.6 Å². The van der Waals surface area contributed by atoms with Crippen molar-refractivity contribution >= 4 is 11.7 Å². The predicted octanol–water partition coefficient (Wildman–Crippen LogP) is 2.69. The fourth-order valence-corrected chi connectivity index (χ4v) is 1.70. The number of rotatable bonds is 6. The minimum atomic E-state index is -0.331. The lowest BCUT2D eigenvalue weighted by Gasteiger charge is -2.08. The number of aromatic nitrogens is 1. The van der Waals surface area contributed by atoms with Crippen LogP contribution in [0.15, 0.2) is 42.6 Å². The summed E-state index contributed by atoms with van der Waals surface area (Å²) in [5, 5.41) is 13.9. The molecule has 2 rings (SSSR count). The molecule has 0 saturated carbocycles. The summed E-state index contributed by atoms with van der Waals surface area (Å²) in [6.07, 6.45) is 2.05. The van der Waals surface area contributed by atoms with Crippen molar-refractivity contribution < 1.29 is 14.6 Å². The summed E-state index contributed by atoms with van der Waals surface area (Å²) >= 11 is 0. The van der Waals surface area contributed by atoms with Crippen LogP contribution in [0.25, 0.3) is 0 Å². The van der Waals surface area contributed by atoms with E-state index in [0.29, 0.717) is 30.3 Å². The van der Waals surface area contributed by atoms with Crippen molar-refractivity contribution in [2.75, 3.05) is 18.5 Å². The molecule has 1 heterocycles. The quantitative estimate of drug-likeness (QED) is 0.716. The molecule has 0 radical (unpaired) electrons. The molecule has 6 heteroatoms. The third-order valence-electron chi connectivity index (χ3n) is 2.86. The topological polar surface area (TPSA) is 83.5 Å². The Bertz CT molecular complexity index is 597. The lowest BCUT2D eigenvalue weighted by atomic mass is 10.2. The maximum absolute atomic E-state index is 11.5. The van der Waals surface area contributed by atoms with Gasteiger partial charge in [-0.25, -0.2) is 9.78 Å². The average molecular weight is 301 g/mol. The van der Waals surface area contributed by atoms with Gasteiger partial charge in [0.2, 0.25) is 5.88 Å². The summed E-state index contributed by atoms with van der Waals surface area (Å²) < 4.78 is 5.61. The van der Waals surface area contributed by atoms with Gasteiger partial charge in [-0.1, -0.05) is 17.7 Å². The van der Waals surface area contributed by atoms with Gasteiger partial charge in [0, 0.05) is 19.2 Å². The van der Waals surface area contributed by atoms with Gasteiger partial charge in [0.15, 0.2) is 0 Å². The summed E-state index contributed by atoms with van der Waals surface area (Å²) in [6.45, 7) is 2.48. The molecule has 1 aromatic carbocycles. The van der Waals surface area contributed by atoms with Crippen molar-refractivity contribution in [2.45, 2.75) is 13.3 Å². The van der Waals surface area contributed by atoms with Gasteiger partial charge in [-0.15, -0.1) is 0 Å². The van der Waals surface area contributed by atoms with E-state index in [0.717, 1.165) is 5.56 Å². The van der Waals surface area contributed by atoms with Crippen LogP contribution in [0.3, 0.4) is 0 Å². The van der Waals surface area contributed by atoms with E-state index in [9.17, 15) is 4.79 Å². The zero-order valence-electron chi connectivity index (χ0n) is 12.4. The predicted molar refractivity (Wildman–Crippen MR) is 84.2 cm³/mol. The van der Waals surface area contributed by atoms with Crippen molar-refractivity contribution in [3.8, 4) is 11.6 Å². The Balaban J connectivity index is 1.87. The van der Waals surface area contributed by atoms with Gasteiger partial charge in [-0.05, 0) is 31.5 Å². The SMILES string of the molecule is Cc1ccc(Oc2ccc(NC(=O)NCCCO)cn2)cc1. The normalized spacial score (nSPS) is 10.1. The minimum absolute atomic E-state index is 0.0485. The highest BCUT2D eigenvalue weighted by molar-refractivity contribution is 5.88. The van der Waals surface area contributed by atoms with Crippen molar-refractivity contribution in [1.29, 1.82) is 0 Å². The number of carbonyl (C=O) groups is 1. The fourth-order valence-electron chi connectivity index (χ4n) is 1.70. The van der Waals surface area contributed by atoms with Gasteiger partial charge < -0.3 is 20.5 Å². The number of aliphatic hydroxyl groups is 1. The molecule has 116 valence electrons. The molecule has 0 fully saturated rings. The van der Waals surface area contributed by atoms with E-state index in [1.165, 1.54) is 6.20 Å². The van der Waals surface area contributed by atoms with Crippen molar-refractivity contribution in [1.82, 2.24) is 10.3 Å². The van der Waals surface area contributed by atoms with Gasteiger partial charge >= 0.3 is 6.03 Å². The summed E-state index contributed by atoms with van der Waals surface area (Å²) in [7, 11) is 0. The molecule has 0 aliphatic heterocycles. The summed E-state index contributed by atoms with van der Waals surface area (Å²) in [5.41, 5.74) is 1.73. The Morgan fingerprint density at radius 2 is 2.00 bits per heavy atom. The number of aliphatic hydroxyl groups excluding tert-OH is 1. The fraction of sp³-hybridized carbons (Fsp3) is 0.250. The molecule has 0 saturated heterocycles. The molecule has 0 atom stereocenters. The molecular weight excluding hydrogens is 282 g/mol. The second kappa shape index (κ2) is 7.99. The van der Waals surface area contributed by atoms with E-state index in [-0.39, 0.29) is 12.6 Å². The zero-order valence-corrected chi connectivity index (χ0v) is 12.4. The third kappa shape index (κ3) is 5.06. The van der Waals surface area contributed by atoms with Crippen LogP contribution in [0.2, 0.25) is 0 Å². The molecule has 22 heavy (non-hydrogen) atoms. The van der Waals surface area contributed by atoms with E-state index in [4.69, 9.17) is 9.84 Å². The number of anilines is 1. The van der Waals surface area contributed by atoms with Gasteiger partial charge in [0.25, 0.3) is 0 Å². The number of nitrogens with one attached hydrogen (secondary N) is 2. The Morgan fingerprint density at radius 3 is 2.64 bits per heavy atom. The first-order valence-corrected chi connectivity index (χ1v) is 7.03. The first-order valence-electron chi connectivity index (χ1n) is 7.03. The maximum atomic E-state index is 11.5. The van der Waals surface area contributed by atoms with E-state index >= 15 is 0 Å². The van der Waals surface area contributed by atoms with Gasteiger partial charge in [0.05, 0.1) is 11.9 Å². The molecule has 1 aromatic heterocycles. The highest BCUT2D eigenvalue weighted by Crippen LogP contribution is 2.20. The first-order chi connectivity index (χ1) is 10.7. The highest BCUT2D eigenvalue weighted by atomic mass is 16.5. The highest BCUT2D eigenvalue weighted by Gasteiger charge is 2.03. The molecule has 0 aliphatic rings. The van der Waals surface area contributed by atoms with Crippen LogP contribution in [-0.2, 0) is 0 Å². The Labute approximate surface area is 129 Å². The monoisotopic (exact) mass is 301 g/mol. The van der Waals surface area contributed by atoms with E-state index in [1.54, 1.807) is 12.1 Å². The summed E-state index contributed by atoms with van der Waals surface area (Å²) in [6, 6.07) is 10.7. The Hall–Kier alpha value is -2.60. The van der Waals surface area contributed by atoms with Crippen LogP contribution in [-0.4, -0.2) is 29.3 Å². The van der Waals surface area contributed by atoms with Crippen LogP contribution in [0.1, 0.15) is 12.0 Å². The number of carbonyl (C=O) groups excluding carboxylic acids is 1. The first kappa shape index (κ1) is 15.8. The summed E-state index contributed by atoms with van der Waals surface area (Å²) in [5.74, 6) is 1.16. The minimum Gasteiger partial charge on any atom is -0.439 e. The Kier molecular flexibility index (Phi) is 5.73. The van der Waals surface area contributed by atoms with Gasteiger partial charge in [0.1, 0.15) is 5.75 Å². The largest absolute Gasteiger partial charge is 0.439 e. The molecule has 0 aliphatic carbocycles. The number of nitrogens with zero attached hydrogens (tertiary/aromatic N) is 1. The summed E-state index contributed by atoms with van der Waals surface area (Å²) in [4.78, 5) is 15.7. The smallest absolute Gasteiger partial charge is 0.319 e. The van der Waals surface area contributed by atoms with Crippen molar-refractivity contribution in [3.05, 3.63) is 48.2 Å². The molecule has 2 amide bonds. The van der Waals surface area contributed by atoms with E-state index < -0.39 is 0 Å². The van der Waals surface area contributed by atoms with Gasteiger partial charge in [-0.3, -0.25) is 0 Å². The number of pyridine rings is 1. The second-order valence-electron chi connectivity index (χ2n) is 4.76. The molecule has 6 nitrogen and oxygen atoms in total. The maximum Gasteiger partial charge on any atom is 0.319 e. The number of urea groups is 1. The van der Waals surface area contributed by atoms with Crippen LogP contribution >= 0.6 is 0 Å². The number of hydrogen-bond acceptors (Lipinski definition) is 4. The van der Waals surface area contributed by atoms with Crippen molar-refractivity contribution in [3.63, 3.8) is 0 Å². The molecule has 2 aromatic rings. The lowest BCUT2D eigenvalue weighted by molar-refractivity contribution is 0.249. The lowest BCUT2D eigenvalue weighted by Crippen LogP contribution is -2.29. The van der Waals surface area contributed by atoms with Gasteiger partial charge in [-0.2, -0.15) is 0 Å². The number of ether oxygens (including phenoxy) is 1. The molecule has 3 N–H and O–H groups in total.